The summed E-state index contributed by atoms with van der Waals surface area (Å²) in [5.41, 5.74) is 2.86. The number of aryl methyl sites for hydroxylation is 1. The average Bonchev–Trinajstić information content (AvgIpc) is 2.33. The first-order valence-corrected chi connectivity index (χ1v) is 4.71. The van der Waals surface area contributed by atoms with Crippen LogP contribution in [0.15, 0.2) is 5.38 Å². The molecule has 0 aromatic carbocycles. The van der Waals surface area contributed by atoms with Crippen molar-refractivity contribution in [1.82, 2.24) is 5.01 Å². The summed E-state index contributed by atoms with van der Waals surface area (Å²) in [5, 5.41) is 4.12. The van der Waals surface area contributed by atoms with Crippen molar-refractivity contribution in [3.63, 3.8) is 0 Å². The van der Waals surface area contributed by atoms with Crippen LogP contribution >= 0.6 is 11.3 Å². The van der Waals surface area contributed by atoms with Crippen molar-refractivity contribution in [3.05, 3.63) is 21.4 Å². The van der Waals surface area contributed by atoms with Crippen molar-refractivity contribution < 1.29 is 0 Å². The molecule has 0 unspecified atom stereocenters. The topological polar surface area (TPSA) is 29.3 Å². The zero-order chi connectivity index (χ0) is 7.84. The minimum atomic E-state index is 0.935. The van der Waals surface area contributed by atoms with Crippen LogP contribution in [-0.4, -0.2) is 11.6 Å². The van der Waals surface area contributed by atoms with Gasteiger partial charge >= 0.3 is 0 Å². The molecule has 0 spiro atoms. The van der Waals surface area contributed by atoms with Gasteiger partial charge in [0.2, 0.25) is 0 Å². The van der Waals surface area contributed by atoms with E-state index < -0.39 is 0 Å². The van der Waals surface area contributed by atoms with Gasteiger partial charge in [0.25, 0.3) is 0 Å². The number of hydrazine groups is 1. The summed E-state index contributed by atoms with van der Waals surface area (Å²) in [5.74, 6) is 5.72. The minimum Gasteiger partial charge on any atom is -0.268 e. The second-order valence-corrected chi connectivity index (χ2v) is 4.01. The average molecular weight is 168 g/mol. The quantitative estimate of drug-likeness (QED) is 0.591. The molecule has 2 N–H and O–H groups in total. The Labute approximate surface area is 70.6 Å². The molecule has 0 radical (unpaired) electrons. The Kier molecular flexibility index (Phi) is 1.71. The molecule has 2 nitrogen and oxygen atoms in total. The van der Waals surface area contributed by atoms with Gasteiger partial charge in [-0.3, -0.25) is 5.84 Å². The molecule has 0 amide bonds. The molecule has 1 aliphatic heterocycles. The minimum absolute atomic E-state index is 0.935. The van der Waals surface area contributed by atoms with Crippen molar-refractivity contribution in [2.24, 2.45) is 5.84 Å². The summed E-state index contributed by atoms with van der Waals surface area (Å²) < 4.78 is 0. The van der Waals surface area contributed by atoms with Crippen LogP contribution in [-0.2, 0) is 13.0 Å². The molecule has 1 aromatic heterocycles. The van der Waals surface area contributed by atoms with Gasteiger partial charge in [0.1, 0.15) is 0 Å². The Morgan fingerprint density at radius 3 is 3.27 bits per heavy atom. The van der Waals surface area contributed by atoms with E-state index in [1.807, 2.05) is 16.3 Å². The number of nitrogens with two attached hydrogens (primary N) is 1. The Hall–Kier alpha value is -0.380. The van der Waals surface area contributed by atoms with Gasteiger partial charge < -0.3 is 0 Å². The lowest BCUT2D eigenvalue weighted by Crippen LogP contribution is -2.35. The molecule has 11 heavy (non-hydrogen) atoms. The van der Waals surface area contributed by atoms with Crippen LogP contribution in [0.2, 0.25) is 0 Å². The van der Waals surface area contributed by atoms with Crippen LogP contribution in [0.3, 0.4) is 0 Å². The van der Waals surface area contributed by atoms with Crippen LogP contribution in [0.4, 0.5) is 0 Å². The summed E-state index contributed by atoms with van der Waals surface area (Å²) in [7, 11) is 0. The molecule has 0 saturated heterocycles. The Bertz CT molecular complexity index is 267. The Balaban J connectivity index is 2.37. The van der Waals surface area contributed by atoms with Crippen LogP contribution in [0, 0.1) is 6.92 Å². The number of rotatable bonds is 0. The number of nitrogens with zero attached hydrogens (tertiary/aromatic N) is 1. The largest absolute Gasteiger partial charge is 0.268 e. The molecule has 2 rings (SSSR count). The molecule has 0 atom stereocenters. The fraction of sp³-hybridized carbons (Fsp3) is 0.500. The lowest BCUT2D eigenvalue weighted by Gasteiger charge is -2.22. The first-order chi connectivity index (χ1) is 5.27. The van der Waals surface area contributed by atoms with Crippen molar-refractivity contribution in [1.29, 1.82) is 0 Å². The van der Waals surface area contributed by atoms with Crippen LogP contribution in [0.1, 0.15) is 16.0 Å². The summed E-state index contributed by atoms with van der Waals surface area (Å²) in [6.07, 6.45) is 1.13. The number of hydrogen-bond donors (Lipinski definition) is 1. The van der Waals surface area contributed by atoms with Gasteiger partial charge in [0.05, 0.1) is 0 Å². The van der Waals surface area contributed by atoms with Crippen LogP contribution < -0.4 is 5.84 Å². The third-order valence-electron chi connectivity index (χ3n) is 2.18. The van der Waals surface area contributed by atoms with Crippen molar-refractivity contribution in [3.8, 4) is 0 Å². The molecular formula is C8H12N2S. The monoisotopic (exact) mass is 168 g/mol. The SMILES string of the molecule is Cc1csc2c1CN(N)CC2. The highest BCUT2D eigenvalue weighted by atomic mass is 32.1. The van der Waals surface area contributed by atoms with Crippen molar-refractivity contribution in [2.75, 3.05) is 6.54 Å². The van der Waals surface area contributed by atoms with Crippen LogP contribution in [0.25, 0.3) is 0 Å². The number of thiophene rings is 1. The highest BCUT2D eigenvalue weighted by Crippen LogP contribution is 2.26. The highest BCUT2D eigenvalue weighted by Gasteiger charge is 2.16. The van der Waals surface area contributed by atoms with Gasteiger partial charge in [-0.25, -0.2) is 5.01 Å². The molecule has 0 aliphatic carbocycles. The van der Waals surface area contributed by atoms with E-state index in [4.69, 9.17) is 5.84 Å². The van der Waals surface area contributed by atoms with E-state index in [0.717, 1.165) is 19.5 Å². The Morgan fingerprint density at radius 1 is 1.64 bits per heavy atom. The lowest BCUT2D eigenvalue weighted by molar-refractivity contribution is 0.264. The number of fused-ring (bicyclic) bond motifs is 1. The maximum atomic E-state index is 5.72. The van der Waals surface area contributed by atoms with Crippen LogP contribution in [0.5, 0.6) is 0 Å². The molecule has 60 valence electrons. The number of hydrogen-bond acceptors (Lipinski definition) is 3. The second kappa shape index (κ2) is 2.59. The van der Waals surface area contributed by atoms with E-state index in [0.29, 0.717) is 0 Å². The van der Waals surface area contributed by atoms with Gasteiger partial charge in [-0.15, -0.1) is 11.3 Å². The fourth-order valence-corrected chi connectivity index (χ4v) is 2.51. The summed E-state index contributed by atoms with van der Waals surface area (Å²) >= 11 is 1.87. The molecule has 3 heteroatoms. The lowest BCUT2D eigenvalue weighted by atomic mass is 10.1. The fourth-order valence-electron chi connectivity index (χ4n) is 1.47. The third kappa shape index (κ3) is 1.20. The molecule has 0 bridgehead atoms. The molecule has 1 aromatic rings. The van der Waals surface area contributed by atoms with E-state index in [1.165, 1.54) is 16.0 Å². The van der Waals surface area contributed by atoms with Crippen molar-refractivity contribution in [2.45, 2.75) is 19.9 Å². The third-order valence-corrected chi connectivity index (χ3v) is 3.38. The van der Waals surface area contributed by atoms with E-state index in [-0.39, 0.29) is 0 Å². The van der Waals surface area contributed by atoms with Gasteiger partial charge in [-0.1, -0.05) is 0 Å². The zero-order valence-corrected chi connectivity index (χ0v) is 7.45. The van der Waals surface area contributed by atoms with E-state index in [2.05, 4.69) is 12.3 Å². The predicted molar refractivity (Wildman–Crippen MR) is 47.4 cm³/mol. The first kappa shape index (κ1) is 7.28. The van der Waals surface area contributed by atoms with E-state index >= 15 is 0 Å². The zero-order valence-electron chi connectivity index (χ0n) is 6.63. The predicted octanol–water partition coefficient (Wildman–Crippen LogP) is 1.29. The normalized spacial score (nSPS) is 18.4. The van der Waals surface area contributed by atoms with Gasteiger partial charge in [-0.05, 0) is 29.9 Å². The Morgan fingerprint density at radius 2 is 2.45 bits per heavy atom. The van der Waals surface area contributed by atoms with Gasteiger partial charge in [-0.2, -0.15) is 0 Å². The maximum absolute atomic E-state index is 5.72. The smallest absolute Gasteiger partial charge is 0.0393 e. The van der Waals surface area contributed by atoms with Gasteiger partial charge in [0, 0.05) is 18.0 Å². The van der Waals surface area contributed by atoms with Crippen molar-refractivity contribution >= 4 is 11.3 Å². The van der Waals surface area contributed by atoms with Gasteiger partial charge in [0.15, 0.2) is 0 Å². The summed E-state index contributed by atoms with van der Waals surface area (Å²) in [4.78, 5) is 1.53. The molecule has 0 fully saturated rings. The highest BCUT2D eigenvalue weighted by molar-refractivity contribution is 7.10. The standard InChI is InChI=1S/C8H12N2S/c1-6-5-11-8-2-3-10(9)4-7(6)8/h5H,2-4,9H2,1H3. The molecular weight excluding hydrogens is 156 g/mol. The molecule has 0 saturated carbocycles. The van der Waals surface area contributed by atoms with E-state index in [9.17, 15) is 0 Å². The molecule has 1 aliphatic rings. The second-order valence-electron chi connectivity index (χ2n) is 3.04. The summed E-state index contributed by atoms with van der Waals surface area (Å²) in [6.45, 7) is 4.10. The molecule has 2 heterocycles. The first-order valence-electron chi connectivity index (χ1n) is 3.83. The van der Waals surface area contributed by atoms with E-state index in [1.54, 1.807) is 0 Å². The summed E-state index contributed by atoms with van der Waals surface area (Å²) in [6, 6.07) is 0. The maximum Gasteiger partial charge on any atom is 0.0393 e.